The third-order valence-corrected chi connectivity index (χ3v) is 4.93. The fourth-order valence-electron chi connectivity index (χ4n) is 3.58. The SMILES string of the molecule is COCc1ccc(C(=O)N2CCCCC2CCN2CCOCC2)o1. The van der Waals surface area contributed by atoms with E-state index >= 15 is 0 Å². The van der Waals surface area contributed by atoms with Crippen molar-refractivity contribution in [1.82, 2.24) is 9.80 Å². The zero-order valence-electron chi connectivity index (χ0n) is 14.5. The van der Waals surface area contributed by atoms with Crippen molar-refractivity contribution in [2.45, 2.75) is 38.3 Å². The summed E-state index contributed by atoms with van der Waals surface area (Å²) in [6.07, 6.45) is 4.38. The van der Waals surface area contributed by atoms with Crippen LogP contribution in [-0.2, 0) is 16.1 Å². The van der Waals surface area contributed by atoms with E-state index in [1.165, 1.54) is 6.42 Å². The number of piperidine rings is 1. The maximum atomic E-state index is 12.8. The third-order valence-electron chi connectivity index (χ3n) is 4.93. The molecule has 2 aliphatic heterocycles. The van der Waals surface area contributed by atoms with Crippen LogP contribution in [0.2, 0.25) is 0 Å². The molecule has 2 fully saturated rings. The van der Waals surface area contributed by atoms with Gasteiger partial charge in [-0.15, -0.1) is 0 Å². The Hall–Kier alpha value is -1.37. The molecule has 0 aliphatic carbocycles. The smallest absolute Gasteiger partial charge is 0.289 e. The number of nitrogens with zero attached hydrogens (tertiary/aromatic N) is 2. The minimum atomic E-state index is 0.0176. The van der Waals surface area contributed by atoms with Crippen molar-refractivity contribution in [2.24, 2.45) is 0 Å². The number of rotatable bonds is 6. The number of hydrogen-bond acceptors (Lipinski definition) is 5. The lowest BCUT2D eigenvalue weighted by molar-refractivity contribution is 0.0289. The van der Waals surface area contributed by atoms with Gasteiger partial charge in [-0.05, 0) is 37.8 Å². The molecule has 6 nitrogen and oxygen atoms in total. The monoisotopic (exact) mass is 336 g/mol. The molecule has 0 aromatic carbocycles. The van der Waals surface area contributed by atoms with E-state index in [1.54, 1.807) is 13.2 Å². The zero-order chi connectivity index (χ0) is 16.8. The second-order valence-corrected chi connectivity index (χ2v) is 6.59. The Morgan fingerprint density at radius 3 is 2.88 bits per heavy atom. The molecular formula is C18H28N2O4. The number of likely N-dealkylation sites (tertiary alicyclic amines) is 1. The first kappa shape index (κ1) is 17.5. The summed E-state index contributed by atoms with van der Waals surface area (Å²) in [5, 5.41) is 0. The van der Waals surface area contributed by atoms with E-state index in [1.807, 2.05) is 11.0 Å². The molecule has 0 bridgehead atoms. The molecule has 0 N–H and O–H groups in total. The molecular weight excluding hydrogens is 308 g/mol. The molecule has 0 radical (unpaired) electrons. The second-order valence-electron chi connectivity index (χ2n) is 6.59. The third kappa shape index (κ3) is 4.37. The van der Waals surface area contributed by atoms with Gasteiger partial charge in [-0.2, -0.15) is 0 Å². The van der Waals surface area contributed by atoms with Crippen LogP contribution in [0.15, 0.2) is 16.5 Å². The van der Waals surface area contributed by atoms with Crippen molar-refractivity contribution in [2.75, 3.05) is 46.5 Å². The number of methoxy groups -OCH3 is 1. The van der Waals surface area contributed by atoms with Crippen molar-refractivity contribution in [1.29, 1.82) is 0 Å². The highest BCUT2D eigenvalue weighted by Crippen LogP contribution is 2.23. The highest BCUT2D eigenvalue weighted by Gasteiger charge is 2.29. The van der Waals surface area contributed by atoms with Crippen LogP contribution in [0.3, 0.4) is 0 Å². The van der Waals surface area contributed by atoms with Crippen molar-refractivity contribution in [3.05, 3.63) is 23.7 Å². The molecule has 1 aromatic rings. The molecule has 6 heteroatoms. The van der Waals surface area contributed by atoms with Gasteiger partial charge >= 0.3 is 0 Å². The summed E-state index contributed by atoms with van der Waals surface area (Å²) in [5.74, 6) is 1.15. The standard InChI is InChI=1S/C18H28N2O4/c1-22-14-16-5-6-17(24-16)18(21)20-8-3-2-4-15(20)7-9-19-10-12-23-13-11-19/h5-6,15H,2-4,7-14H2,1H3. The first-order chi connectivity index (χ1) is 11.8. The Balaban J connectivity index is 1.59. The molecule has 2 aliphatic rings. The Labute approximate surface area is 143 Å². The van der Waals surface area contributed by atoms with E-state index < -0.39 is 0 Å². The van der Waals surface area contributed by atoms with Gasteiger partial charge in [-0.3, -0.25) is 9.69 Å². The van der Waals surface area contributed by atoms with Gasteiger partial charge < -0.3 is 18.8 Å². The molecule has 3 heterocycles. The van der Waals surface area contributed by atoms with Gasteiger partial charge in [0.25, 0.3) is 5.91 Å². The van der Waals surface area contributed by atoms with Gasteiger partial charge in [0.2, 0.25) is 0 Å². The normalized spacial score (nSPS) is 22.7. The number of morpholine rings is 1. The maximum absolute atomic E-state index is 12.8. The van der Waals surface area contributed by atoms with Gasteiger partial charge in [0.05, 0.1) is 13.2 Å². The fourth-order valence-corrected chi connectivity index (χ4v) is 3.58. The van der Waals surface area contributed by atoms with Crippen molar-refractivity contribution in [3.8, 4) is 0 Å². The summed E-state index contributed by atoms with van der Waals surface area (Å²) >= 11 is 0. The molecule has 3 rings (SSSR count). The second kappa shape index (κ2) is 8.65. The fraction of sp³-hybridized carbons (Fsp3) is 0.722. The van der Waals surface area contributed by atoms with Crippen LogP contribution in [0, 0.1) is 0 Å². The number of carbonyl (C=O) groups excluding carboxylic acids is 1. The van der Waals surface area contributed by atoms with E-state index in [0.29, 0.717) is 24.2 Å². The van der Waals surface area contributed by atoms with Crippen molar-refractivity contribution >= 4 is 5.91 Å². The molecule has 1 atom stereocenters. The minimum absolute atomic E-state index is 0.0176. The molecule has 0 spiro atoms. The number of ether oxygens (including phenoxy) is 2. The van der Waals surface area contributed by atoms with Crippen molar-refractivity contribution in [3.63, 3.8) is 0 Å². The first-order valence-electron chi connectivity index (χ1n) is 8.96. The lowest BCUT2D eigenvalue weighted by Gasteiger charge is -2.37. The molecule has 2 saturated heterocycles. The number of carbonyl (C=O) groups is 1. The van der Waals surface area contributed by atoms with Crippen LogP contribution in [0.1, 0.15) is 42.0 Å². The van der Waals surface area contributed by atoms with Gasteiger partial charge in [-0.1, -0.05) is 0 Å². The zero-order valence-corrected chi connectivity index (χ0v) is 14.5. The average molecular weight is 336 g/mol. The predicted molar refractivity (Wildman–Crippen MR) is 90.0 cm³/mol. The van der Waals surface area contributed by atoms with Crippen LogP contribution >= 0.6 is 0 Å². The lowest BCUT2D eigenvalue weighted by atomic mass is 9.98. The van der Waals surface area contributed by atoms with Crippen LogP contribution in [0.4, 0.5) is 0 Å². The Kier molecular flexibility index (Phi) is 6.29. The van der Waals surface area contributed by atoms with E-state index in [2.05, 4.69) is 4.90 Å². The summed E-state index contributed by atoms with van der Waals surface area (Å²) in [4.78, 5) is 17.3. The van der Waals surface area contributed by atoms with Crippen LogP contribution in [-0.4, -0.2) is 68.3 Å². The number of furan rings is 1. The lowest BCUT2D eigenvalue weighted by Crippen LogP contribution is -2.46. The summed E-state index contributed by atoms with van der Waals surface area (Å²) in [7, 11) is 1.62. The average Bonchev–Trinajstić information content (AvgIpc) is 3.09. The topological polar surface area (TPSA) is 55.2 Å². The van der Waals surface area contributed by atoms with Gasteiger partial charge in [-0.25, -0.2) is 0 Å². The predicted octanol–water partition coefficient (Wildman–Crippen LogP) is 2.14. The summed E-state index contributed by atoms with van der Waals surface area (Å²) in [6.45, 7) is 5.90. The van der Waals surface area contributed by atoms with E-state index in [4.69, 9.17) is 13.9 Å². The highest BCUT2D eigenvalue weighted by atomic mass is 16.5. The van der Waals surface area contributed by atoms with Crippen LogP contribution in [0.25, 0.3) is 0 Å². The molecule has 1 amide bonds. The Bertz CT molecular complexity index is 525. The van der Waals surface area contributed by atoms with E-state index in [0.717, 1.165) is 58.7 Å². The summed E-state index contributed by atoms with van der Waals surface area (Å²) in [6, 6.07) is 3.90. The van der Waals surface area contributed by atoms with Gasteiger partial charge in [0.15, 0.2) is 5.76 Å². The number of amides is 1. The quantitative estimate of drug-likeness (QED) is 0.797. The summed E-state index contributed by atoms with van der Waals surface area (Å²) in [5.41, 5.74) is 0. The highest BCUT2D eigenvalue weighted by molar-refractivity contribution is 5.91. The van der Waals surface area contributed by atoms with Crippen LogP contribution < -0.4 is 0 Å². The Morgan fingerprint density at radius 2 is 2.08 bits per heavy atom. The van der Waals surface area contributed by atoms with Crippen LogP contribution in [0.5, 0.6) is 0 Å². The first-order valence-corrected chi connectivity index (χ1v) is 8.96. The van der Waals surface area contributed by atoms with Crippen molar-refractivity contribution < 1.29 is 18.7 Å². The Morgan fingerprint density at radius 1 is 1.25 bits per heavy atom. The molecule has 1 aromatic heterocycles. The largest absolute Gasteiger partial charge is 0.453 e. The van der Waals surface area contributed by atoms with Gasteiger partial charge in [0, 0.05) is 39.3 Å². The van der Waals surface area contributed by atoms with E-state index in [-0.39, 0.29) is 5.91 Å². The molecule has 0 saturated carbocycles. The molecule has 24 heavy (non-hydrogen) atoms. The number of hydrogen-bond donors (Lipinski definition) is 0. The van der Waals surface area contributed by atoms with E-state index in [9.17, 15) is 4.79 Å². The minimum Gasteiger partial charge on any atom is -0.453 e. The molecule has 134 valence electrons. The summed E-state index contributed by atoms with van der Waals surface area (Å²) < 4.78 is 16.1. The molecule has 1 unspecified atom stereocenters. The van der Waals surface area contributed by atoms with Gasteiger partial charge in [0.1, 0.15) is 12.4 Å². The maximum Gasteiger partial charge on any atom is 0.289 e.